The van der Waals surface area contributed by atoms with Crippen molar-refractivity contribution in [3.8, 4) is 5.75 Å². The number of methoxy groups -OCH3 is 1. The SMILES string of the molecule is COc1cc(CC(=O)NC(C)(C(=O)O)C2CC2)ccc1C. The van der Waals surface area contributed by atoms with Crippen molar-refractivity contribution in [2.45, 2.75) is 38.6 Å². The molecule has 1 amide bonds. The van der Waals surface area contributed by atoms with Gasteiger partial charge >= 0.3 is 5.97 Å². The Morgan fingerprint density at radius 2 is 2.10 bits per heavy atom. The summed E-state index contributed by atoms with van der Waals surface area (Å²) < 4.78 is 5.23. The van der Waals surface area contributed by atoms with Crippen molar-refractivity contribution in [1.29, 1.82) is 0 Å². The number of nitrogens with one attached hydrogen (secondary N) is 1. The Morgan fingerprint density at radius 3 is 2.62 bits per heavy atom. The number of carbonyl (C=O) groups is 2. The van der Waals surface area contributed by atoms with Crippen LogP contribution >= 0.6 is 0 Å². The van der Waals surface area contributed by atoms with Crippen LogP contribution in [0.25, 0.3) is 0 Å². The third-order valence-electron chi connectivity index (χ3n) is 4.07. The number of hydrogen-bond acceptors (Lipinski definition) is 3. The predicted octanol–water partition coefficient (Wildman–Crippen LogP) is 1.92. The van der Waals surface area contributed by atoms with Crippen LogP contribution in [0.2, 0.25) is 0 Å². The summed E-state index contributed by atoms with van der Waals surface area (Å²) in [4.78, 5) is 23.5. The van der Waals surface area contributed by atoms with Crippen LogP contribution in [-0.4, -0.2) is 29.6 Å². The largest absolute Gasteiger partial charge is 0.496 e. The highest BCUT2D eigenvalue weighted by Gasteiger charge is 2.48. The molecule has 0 spiro atoms. The zero-order chi connectivity index (χ0) is 15.6. The summed E-state index contributed by atoms with van der Waals surface area (Å²) in [5.41, 5.74) is 0.639. The molecule has 1 aliphatic rings. The zero-order valence-electron chi connectivity index (χ0n) is 12.6. The first-order valence-corrected chi connectivity index (χ1v) is 7.04. The van der Waals surface area contributed by atoms with Crippen LogP contribution in [0, 0.1) is 12.8 Å². The summed E-state index contributed by atoms with van der Waals surface area (Å²) in [5, 5.41) is 12.0. The number of amides is 1. The third-order valence-corrected chi connectivity index (χ3v) is 4.07. The summed E-state index contributed by atoms with van der Waals surface area (Å²) in [6.07, 6.45) is 1.84. The number of carboxylic acid groups (broad SMARTS) is 1. The molecule has 5 heteroatoms. The van der Waals surface area contributed by atoms with E-state index in [0.29, 0.717) is 0 Å². The van der Waals surface area contributed by atoms with E-state index in [2.05, 4.69) is 5.32 Å². The normalized spacial score (nSPS) is 16.9. The Bertz CT molecular complexity index is 565. The minimum Gasteiger partial charge on any atom is -0.496 e. The molecular formula is C16H21NO4. The number of aryl methyl sites for hydroxylation is 1. The molecule has 1 atom stereocenters. The lowest BCUT2D eigenvalue weighted by Gasteiger charge is -2.26. The molecule has 5 nitrogen and oxygen atoms in total. The first kappa shape index (κ1) is 15.4. The van der Waals surface area contributed by atoms with E-state index in [1.165, 1.54) is 0 Å². The Kier molecular flexibility index (Phi) is 4.21. The van der Waals surface area contributed by atoms with E-state index in [-0.39, 0.29) is 18.2 Å². The minimum absolute atomic E-state index is 0.0338. The van der Waals surface area contributed by atoms with E-state index in [4.69, 9.17) is 4.74 Å². The monoisotopic (exact) mass is 291 g/mol. The van der Waals surface area contributed by atoms with E-state index in [1.807, 2.05) is 25.1 Å². The van der Waals surface area contributed by atoms with Crippen molar-refractivity contribution >= 4 is 11.9 Å². The van der Waals surface area contributed by atoms with Crippen molar-refractivity contribution in [3.05, 3.63) is 29.3 Å². The van der Waals surface area contributed by atoms with Crippen LogP contribution in [0.1, 0.15) is 30.9 Å². The molecule has 114 valence electrons. The average Bonchev–Trinajstić information content (AvgIpc) is 3.25. The predicted molar refractivity (Wildman–Crippen MR) is 78.3 cm³/mol. The zero-order valence-corrected chi connectivity index (χ0v) is 12.6. The summed E-state index contributed by atoms with van der Waals surface area (Å²) in [7, 11) is 1.58. The molecule has 0 bridgehead atoms. The number of rotatable bonds is 6. The lowest BCUT2D eigenvalue weighted by atomic mass is 9.95. The van der Waals surface area contributed by atoms with Gasteiger partial charge in [0.15, 0.2) is 0 Å². The second-order valence-electron chi connectivity index (χ2n) is 5.81. The van der Waals surface area contributed by atoms with Crippen LogP contribution in [0.4, 0.5) is 0 Å². The van der Waals surface area contributed by atoms with Crippen molar-refractivity contribution in [2.24, 2.45) is 5.92 Å². The van der Waals surface area contributed by atoms with Crippen LogP contribution in [-0.2, 0) is 16.0 Å². The topological polar surface area (TPSA) is 75.6 Å². The van der Waals surface area contributed by atoms with E-state index >= 15 is 0 Å². The van der Waals surface area contributed by atoms with Gasteiger partial charge in [0.1, 0.15) is 11.3 Å². The molecule has 0 radical (unpaired) electrons. The minimum atomic E-state index is -1.16. The number of benzene rings is 1. The third kappa shape index (κ3) is 3.35. The van der Waals surface area contributed by atoms with Crippen molar-refractivity contribution in [2.75, 3.05) is 7.11 Å². The molecule has 2 rings (SSSR count). The van der Waals surface area contributed by atoms with Gasteiger partial charge in [-0.05, 0) is 49.8 Å². The Hall–Kier alpha value is -2.04. The molecule has 1 aliphatic carbocycles. The molecule has 1 saturated carbocycles. The van der Waals surface area contributed by atoms with Crippen LogP contribution in [0.15, 0.2) is 18.2 Å². The van der Waals surface area contributed by atoms with Gasteiger partial charge < -0.3 is 15.2 Å². The highest BCUT2D eigenvalue weighted by Crippen LogP contribution is 2.39. The molecule has 0 saturated heterocycles. The van der Waals surface area contributed by atoms with Gasteiger partial charge in [-0.2, -0.15) is 0 Å². The fraction of sp³-hybridized carbons (Fsp3) is 0.500. The molecular weight excluding hydrogens is 270 g/mol. The molecule has 0 aromatic heterocycles. The van der Waals surface area contributed by atoms with E-state index in [1.54, 1.807) is 14.0 Å². The molecule has 1 aromatic rings. The summed E-state index contributed by atoms with van der Waals surface area (Å²) in [6.45, 7) is 3.51. The van der Waals surface area contributed by atoms with Crippen LogP contribution in [0.3, 0.4) is 0 Å². The molecule has 1 unspecified atom stereocenters. The van der Waals surface area contributed by atoms with E-state index in [0.717, 1.165) is 29.7 Å². The lowest BCUT2D eigenvalue weighted by molar-refractivity contribution is -0.147. The second kappa shape index (κ2) is 5.76. The van der Waals surface area contributed by atoms with Gasteiger partial charge in [0.25, 0.3) is 0 Å². The lowest BCUT2D eigenvalue weighted by Crippen LogP contribution is -2.54. The highest BCUT2D eigenvalue weighted by atomic mass is 16.5. The second-order valence-corrected chi connectivity index (χ2v) is 5.81. The molecule has 2 N–H and O–H groups in total. The standard InChI is InChI=1S/C16H21NO4/c1-10-4-5-11(8-13(10)21-3)9-14(18)17-16(2,15(19)20)12-6-7-12/h4-5,8,12H,6-7,9H2,1-3H3,(H,17,18)(H,19,20). The molecule has 0 aliphatic heterocycles. The Balaban J connectivity index is 2.06. The smallest absolute Gasteiger partial charge is 0.329 e. The number of carboxylic acids is 1. The van der Waals surface area contributed by atoms with Gasteiger partial charge in [-0.3, -0.25) is 4.79 Å². The molecule has 1 fully saturated rings. The van der Waals surface area contributed by atoms with Gasteiger partial charge in [0, 0.05) is 0 Å². The average molecular weight is 291 g/mol. The van der Waals surface area contributed by atoms with E-state index in [9.17, 15) is 14.7 Å². The van der Waals surface area contributed by atoms with Gasteiger partial charge in [-0.25, -0.2) is 4.79 Å². The highest BCUT2D eigenvalue weighted by molar-refractivity contribution is 5.88. The van der Waals surface area contributed by atoms with E-state index < -0.39 is 11.5 Å². The quantitative estimate of drug-likeness (QED) is 0.839. The van der Waals surface area contributed by atoms with Crippen molar-refractivity contribution in [1.82, 2.24) is 5.32 Å². The van der Waals surface area contributed by atoms with Gasteiger partial charge in [-0.15, -0.1) is 0 Å². The maximum atomic E-state index is 12.1. The molecule has 21 heavy (non-hydrogen) atoms. The molecule has 1 aromatic carbocycles. The fourth-order valence-electron chi connectivity index (χ4n) is 2.48. The van der Waals surface area contributed by atoms with Crippen molar-refractivity contribution in [3.63, 3.8) is 0 Å². The number of carbonyl (C=O) groups excluding carboxylic acids is 1. The number of ether oxygens (including phenoxy) is 1. The van der Waals surface area contributed by atoms with Crippen molar-refractivity contribution < 1.29 is 19.4 Å². The Morgan fingerprint density at radius 1 is 1.43 bits per heavy atom. The summed E-state index contributed by atoms with van der Waals surface area (Å²) in [6, 6.07) is 5.55. The molecule has 0 heterocycles. The Labute approximate surface area is 124 Å². The van der Waals surface area contributed by atoms with Crippen LogP contribution in [0.5, 0.6) is 5.75 Å². The number of hydrogen-bond donors (Lipinski definition) is 2. The van der Waals surface area contributed by atoms with Gasteiger partial charge in [0.05, 0.1) is 13.5 Å². The first-order valence-electron chi connectivity index (χ1n) is 7.04. The van der Waals surface area contributed by atoms with Gasteiger partial charge in [-0.1, -0.05) is 12.1 Å². The summed E-state index contributed by atoms with van der Waals surface area (Å²) in [5.74, 6) is -0.493. The van der Waals surface area contributed by atoms with Crippen LogP contribution < -0.4 is 10.1 Å². The first-order chi connectivity index (χ1) is 9.86. The maximum absolute atomic E-state index is 12.1. The summed E-state index contributed by atoms with van der Waals surface area (Å²) >= 11 is 0. The maximum Gasteiger partial charge on any atom is 0.329 e. The number of aliphatic carboxylic acids is 1. The van der Waals surface area contributed by atoms with Gasteiger partial charge in [0.2, 0.25) is 5.91 Å². The fourth-order valence-corrected chi connectivity index (χ4v) is 2.48.